The first kappa shape index (κ1) is 26.2. The Balaban J connectivity index is 1.56. The molecule has 0 fully saturated rings. The number of sulfonamides is 1. The predicted octanol–water partition coefficient (Wildman–Crippen LogP) is 3.44. The van der Waals surface area contributed by atoms with Crippen molar-refractivity contribution < 1.29 is 27.5 Å². The van der Waals surface area contributed by atoms with Gasteiger partial charge in [-0.3, -0.25) is 13.9 Å². The van der Waals surface area contributed by atoms with E-state index in [4.69, 9.17) is 10.5 Å². The highest BCUT2D eigenvalue weighted by atomic mass is 32.2. The molecule has 0 spiro atoms. The standard InChI is InChI=1S/C25H26N4O6S2/c1-3-29(17-7-5-4-6-8-17)37(33,34)18-11-9-16(10-12-18)23(31)27-24-21(22(26)30)19-13-14-28(25(32)35-2)15-20(19)36-24/h4-12H,3,13-15H2,1-2H3,(H2,26,30)(H,27,31). The number of benzene rings is 2. The average molecular weight is 543 g/mol. The SMILES string of the molecule is CCN(c1ccccc1)S(=O)(=O)c1ccc(C(=O)Nc2sc3c(c2C(N)=O)CCN(C(=O)OC)C3)cc1. The summed E-state index contributed by atoms with van der Waals surface area (Å²) < 4.78 is 32.5. The van der Waals surface area contributed by atoms with Crippen molar-refractivity contribution in [2.75, 3.05) is 29.8 Å². The van der Waals surface area contributed by atoms with Crippen LogP contribution in [0.3, 0.4) is 0 Å². The number of carbonyl (C=O) groups excluding carboxylic acids is 3. The second-order valence-corrected chi connectivity index (χ2v) is 11.2. The van der Waals surface area contributed by atoms with Crippen molar-refractivity contribution in [3.05, 3.63) is 76.2 Å². The molecule has 3 N–H and O–H groups in total. The summed E-state index contributed by atoms with van der Waals surface area (Å²) in [5.41, 5.74) is 7.29. The third-order valence-electron chi connectivity index (χ3n) is 6.00. The molecule has 10 nitrogen and oxygen atoms in total. The van der Waals surface area contributed by atoms with Gasteiger partial charge in [0.05, 0.1) is 29.8 Å². The largest absolute Gasteiger partial charge is 0.453 e. The van der Waals surface area contributed by atoms with Crippen molar-refractivity contribution in [2.45, 2.75) is 24.8 Å². The zero-order valence-electron chi connectivity index (χ0n) is 20.3. The smallest absolute Gasteiger partial charge is 0.409 e. The van der Waals surface area contributed by atoms with Gasteiger partial charge in [0.25, 0.3) is 21.8 Å². The van der Waals surface area contributed by atoms with Crippen LogP contribution in [0.4, 0.5) is 15.5 Å². The summed E-state index contributed by atoms with van der Waals surface area (Å²) in [6.07, 6.45) is -0.0778. The summed E-state index contributed by atoms with van der Waals surface area (Å²) in [5, 5.41) is 3.01. The Morgan fingerprint density at radius 3 is 2.38 bits per heavy atom. The number of primary amides is 1. The number of methoxy groups -OCH3 is 1. The van der Waals surface area contributed by atoms with Crippen LogP contribution >= 0.6 is 11.3 Å². The topological polar surface area (TPSA) is 139 Å². The number of fused-ring (bicyclic) bond motifs is 1. The van der Waals surface area contributed by atoms with Crippen molar-refractivity contribution >= 4 is 50.0 Å². The maximum atomic E-state index is 13.2. The minimum absolute atomic E-state index is 0.0436. The van der Waals surface area contributed by atoms with Crippen molar-refractivity contribution in [1.82, 2.24) is 4.90 Å². The van der Waals surface area contributed by atoms with Gasteiger partial charge in [-0.05, 0) is 55.3 Å². The number of ether oxygens (including phenoxy) is 1. The molecule has 3 amide bonds. The molecular formula is C25H26N4O6S2. The monoisotopic (exact) mass is 542 g/mol. The maximum absolute atomic E-state index is 13.2. The lowest BCUT2D eigenvalue weighted by Gasteiger charge is -2.25. The number of hydrogen-bond donors (Lipinski definition) is 2. The predicted molar refractivity (Wildman–Crippen MR) is 140 cm³/mol. The molecule has 0 unspecified atom stereocenters. The first-order valence-electron chi connectivity index (χ1n) is 11.4. The van der Waals surface area contributed by atoms with Crippen LogP contribution in [0.2, 0.25) is 0 Å². The van der Waals surface area contributed by atoms with Gasteiger partial charge in [0, 0.05) is 23.5 Å². The molecule has 37 heavy (non-hydrogen) atoms. The number of nitrogens with two attached hydrogens (primary N) is 1. The highest BCUT2D eigenvalue weighted by Crippen LogP contribution is 2.37. The van der Waals surface area contributed by atoms with Crippen molar-refractivity contribution in [2.24, 2.45) is 5.73 Å². The zero-order valence-corrected chi connectivity index (χ0v) is 21.9. The van der Waals surface area contributed by atoms with Crippen molar-refractivity contribution in [3.63, 3.8) is 0 Å². The van der Waals surface area contributed by atoms with E-state index in [9.17, 15) is 22.8 Å². The van der Waals surface area contributed by atoms with Crippen molar-refractivity contribution in [3.8, 4) is 0 Å². The van der Waals surface area contributed by atoms with E-state index in [1.807, 2.05) is 0 Å². The van der Waals surface area contributed by atoms with Gasteiger partial charge >= 0.3 is 6.09 Å². The van der Waals surface area contributed by atoms with Crippen LogP contribution in [0.15, 0.2) is 59.5 Å². The first-order chi connectivity index (χ1) is 17.7. The molecule has 0 radical (unpaired) electrons. The van der Waals surface area contributed by atoms with Gasteiger partial charge in [-0.25, -0.2) is 13.2 Å². The van der Waals surface area contributed by atoms with E-state index in [0.717, 1.165) is 4.88 Å². The molecule has 0 aliphatic carbocycles. The summed E-state index contributed by atoms with van der Waals surface area (Å²) in [7, 11) is -2.54. The van der Waals surface area contributed by atoms with E-state index >= 15 is 0 Å². The number of nitrogens with one attached hydrogen (secondary N) is 1. The van der Waals surface area contributed by atoms with Crippen LogP contribution in [0.1, 0.15) is 38.1 Å². The molecule has 3 aromatic rings. The lowest BCUT2D eigenvalue weighted by atomic mass is 10.0. The van der Waals surface area contributed by atoms with E-state index in [-0.39, 0.29) is 34.1 Å². The third-order valence-corrected chi connectivity index (χ3v) is 9.05. The molecule has 0 saturated carbocycles. The normalized spacial score (nSPS) is 13.0. The summed E-state index contributed by atoms with van der Waals surface area (Å²) >= 11 is 1.17. The first-order valence-corrected chi connectivity index (χ1v) is 13.7. The Labute approximate surface area is 218 Å². The van der Waals surface area contributed by atoms with Gasteiger partial charge in [-0.15, -0.1) is 11.3 Å². The number of rotatable bonds is 7. The van der Waals surface area contributed by atoms with Gasteiger partial charge in [-0.2, -0.15) is 0 Å². The van der Waals surface area contributed by atoms with Gasteiger partial charge in [-0.1, -0.05) is 18.2 Å². The Morgan fingerprint density at radius 2 is 1.78 bits per heavy atom. The number of para-hydroxylation sites is 1. The molecule has 12 heteroatoms. The summed E-state index contributed by atoms with van der Waals surface area (Å²) in [5.74, 6) is -1.20. The fourth-order valence-corrected chi connectivity index (χ4v) is 6.94. The number of nitrogens with zero attached hydrogens (tertiary/aromatic N) is 2. The number of anilines is 2. The molecule has 1 aromatic heterocycles. The number of thiophene rings is 1. The lowest BCUT2D eigenvalue weighted by molar-refractivity contribution is 0.0999. The zero-order chi connectivity index (χ0) is 26.7. The molecule has 4 rings (SSSR count). The minimum Gasteiger partial charge on any atom is -0.453 e. The Hall–Kier alpha value is -3.90. The Morgan fingerprint density at radius 1 is 1.11 bits per heavy atom. The van der Waals surface area contributed by atoms with Crippen LogP contribution in [-0.2, 0) is 27.7 Å². The molecule has 194 valence electrons. The van der Waals surface area contributed by atoms with E-state index in [0.29, 0.717) is 24.2 Å². The highest BCUT2D eigenvalue weighted by molar-refractivity contribution is 7.92. The van der Waals surface area contributed by atoms with Gasteiger partial charge < -0.3 is 20.7 Å². The van der Waals surface area contributed by atoms with E-state index in [1.54, 1.807) is 37.3 Å². The van der Waals surface area contributed by atoms with Crippen LogP contribution in [0.25, 0.3) is 0 Å². The van der Waals surface area contributed by atoms with Gasteiger partial charge in [0.1, 0.15) is 5.00 Å². The molecule has 2 heterocycles. The molecule has 2 aromatic carbocycles. The fraction of sp³-hybridized carbons (Fsp3) is 0.240. The quantitative estimate of drug-likeness (QED) is 0.469. The second-order valence-electron chi connectivity index (χ2n) is 8.20. The van der Waals surface area contributed by atoms with Crippen LogP contribution in [0.5, 0.6) is 0 Å². The van der Waals surface area contributed by atoms with Gasteiger partial charge in [0.2, 0.25) is 0 Å². The number of hydrogen-bond acceptors (Lipinski definition) is 7. The number of carbonyl (C=O) groups is 3. The van der Waals surface area contributed by atoms with Crippen LogP contribution < -0.4 is 15.4 Å². The lowest BCUT2D eigenvalue weighted by Crippen LogP contribution is -2.35. The molecule has 1 aliphatic heterocycles. The minimum atomic E-state index is -3.84. The molecular weight excluding hydrogens is 516 g/mol. The molecule has 0 atom stereocenters. The number of amides is 3. The second kappa shape index (κ2) is 10.6. The van der Waals surface area contributed by atoms with E-state index < -0.39 is 27.9 Å². The summed E-state index contributed by atoms with van der Waals surface area (Å²) in [6, 6.07) is 14.3. The maximum Gasteiger partial charge on any atom is 0.409 e. The molecule has 0 saturated heterocycles. The Bertz CT molecular complexity index is 1440. The highest BCUT2D eigenvalue weighted by Gasteiger charge is 2.30. The van der Waals surface area contributed by atoms with E-state index in [2.05, 4.69) is 5.32 Å². The summed E-state index contributed by atoms with van der Waals surface area (Å²) in [4.78, 5) is 39.4. The molecule has 1 aliphatic rings. The third kappa shape index (κ3) is 5.16. The van der Waals surface area contributed by atoms with Crippen molar-refractivity contribution in [1.29, 1.82) is 0 Å². The van der Waals surface area contributed by atoms with Crippen LogP contribution in [0, 0.1) is 0 Å². The molecule has 0 bridgehead atoms. The fourth-order valence-electron chi connectivity index (χ4n) is 4.20. The average Bonchev–Trinajstić information content (AvgIpc) is 3.26. The summed E-state index contributed by atoms with van der Waals surface area (Å²) in [6.45, 7) is 2.58. The van der Waals surface area contributed by atoms with Gasteiger partial charge in [0.15, 0.2) is 0 Å². The Kier molecular flexibility index (Phi) is 7.50. The van der Waals surface area contributed by atoms with Crippen LogP contribution in [-0.4, -0.2) is 51.4 Å². The van der Waals surface area contributed by atoms with E-state index in [1.165, 1.54) is 51.9 Å².